The number of halogens is 1. The highest BCUT2D eigenvalue weighted by atomic mass is 35.5. The normalized spacial score (nSPS) is 10.3. The van der Waals surface area contributed by atoms with Gasteiger partial charge >= 0.3 is 5.97 Å². The highest BCUT2D eigenvalue weighted by molar-refractivity contribution is 6.34. The summed E-state index contributed by atoms with van der Waals surface area (Å²) in [5.41, 5.74) is 2.57. The van der Waals surface area contributed by atoms with Crippen LogP contribution in [0.2, 0.25) is 5.02 Å². The molecule has 154 valence electrons. The predicted molar refractivity (Wildman–Crippen MR) is 117 cm³/mol. The Morgan fingerprint density at radius 3 is 2.40 bits per heavy atom. The number of hydrogen-bond acceptors (Lipinski definition) is 4. The molecular formula is C24H22ClNO4. The molecule has 30 heavy (non-hydrogen) atoms. The fourth-order valence-electron chi connectivity index (χ4n) is 2.85. The Bertz CT molecular complexity index is 1020. The van der Waals surface area contributed by atoms with Crippen molar-refractivity contribution in [1.82, 2.24) is 0 Å². The molecule has 0 saturated carbocycles. The molecule has 5 nitrogen and oxygen atoms in total. The minimum atomic E-state index is -0.335. The second kappa shape index (κ2) is 10.5. The van der Waals surface area contributed by atoms with E-state index >= 15 is 0 Å². The van der Waals surface area contributed by atoms with Crippen LogP contribution in [0.25, 0.3) is 0 Å². The summed E-state index contributed by atoms with van der Waals surface area (Å²) >= 11 is 6.30. The van der Waals surface area contributed by atoms with Gasteiger partial charge in [-0.3, -0.25) is 9.59 Å². The summed E-state index contributed by atoms with van der Waals surface area (Å²) in [6.07, 6.45) is 0.123. The van der Waals surface area contributed by atoms with Gasteiger partial charge in [-0.25, -0.2) is 0 Å². The van der Waals surface area contributed by atoms with E-state index in [0.29, 0.717) is 40.8 Å². The van der Waals surface area contributed by atoms with E-state index in [9.17, 15) is 9.59 Å². The van der Waals surface area contributed by atoms with Gasteiger partial charge in [-0.15, -0.1) is 0 Å². The molecule has 0 spiro atoms. The Balaban J connectivity index is 1.69. The minimum Gasteiger partial charge on any atom is -0.488 e. The van der Waals surface area contributed by atoms with Crippen molar-refractivity contribution in [2.24, 2.45) is 0 Å². The first-order valence-corrected chi connectivity index (χ1v) is 9.95. The first-order valence-electron chi connectivity index (χ1n) is 9.58. The maximum Gasteiger partial charge on any atom is 0.310 e. The predicted octanol–water partition coefficient (Wildman–Crippen LogP) is 5.28. The largest absolute Gasteiger partial charge is 0.488 e. The first-order chi connectivity index (χ1) is 14.6. The standard InChI is InChI=1S/C24H22ClNO4/c1-2-29-23(27)15-18-12-13-21(20(25)14-18)26-24(28)19-10-6-7-11-22(19)30-16-17-8-4-3-5-9-17/h3-14H,2,15-16H2,1H3,(H,26,28). The van der Waals surface area contributed by atoms with Crippen molar-refractivity contribution in [3.63, 3.8) is 0 Å². The molecule has 0 fully saturated rings. The Morgan fingerprint density at radius 1 is 0.933 bits per heavy atom. The van der Waals surface area contributed by atoms with Gasteiger partial charge in [-0.2, -0.15) is 0 Å². The summed E-state index contributed by atoms with van der Waals surface area (Å²) in [5.74, 6) is -0.178. The average Bonchev–Trinajstić information content (AvgIpc) is 2.75. The molecule has 1 N–H and O–H groups in total. The van der Waals surface area contributed by atoms with Crippen molar-refractivity contribution in [1.29, 1.82) is 0 Å². The van der Waals surface area contributed by atoms with Crippen LogP contribution in [-0.2, 0) is 22.6 Å². The van der Waals surface area contributed by atoms with Crippen LogP contribution >= 0.6 is 11.6 Å². The molecule has 3 aromatic rings. The van der Waals surface area contributed by atoms with Gasteiger partial charge in [-0.05, 0) is 42.3 Å². The lowest BCUT2D eigenvalue weighted by molar-refractivity contribution is -0.142. The van der Waals surface area contributed by atoms with Gasteiger partial charge in [0, 0.05) is 0 Å². The number of hydrogen-bond donors (Lipinski definition) is 1. The molecule has 1 amide bonds. The van der Waals surface area contributed by atoms with Gasteiger partial charge < -0.3 is 14.8 Å². The number of ether oxygens (including phenoxy) is 2. The molecule has 3 aromatic carbocycles. The van der Waals surface area contributed by atoms with Crippen LogP contribution in [0.1, 0.15) is 28.4 Å². The highest BCUT2D eigenvalue weighted by Crippen LogP contribution is 2.26. The first kappa shape index (κ1) is 21.4. The molecule has 0 aliphatic rings. The summed E-state index contributed by atoms with van der Waals surface area (Å²) in [5, 5.41) is 3.14. The van der Waals surface area contributed by atoms with Crippen molar-refractivity contribution in [2.45, 2.75) is 20.0 Å². The molecular weight excluding hydrogens is 402 g/mol. The van der Waals surface area contributed by atoms with Crippen molar-refractivity contribution in [2.75, 3.05) is 11.9 Å². The lowest BCUT2D eigenvalue weighted by Gasteiger charge is -2.13. The Hall–Kier alpha value is -3.31. The maximum atomic E-state index is 12.8. The summed E-state index contributed by atoms with van der Waals surface area (Å²) in [4.78, 5) is 24.4. The number of benzene rings is 3. The third kappa shape index (κ3) is 5.84. The lowest BCUT2D eigenvalue weighted by atomic mass is 10.1. The van der Waals surface area contributed by atoms with Gasteiger partial charge in [0.25, 0.3) is 5.91 Å². The highest BCUT2D eigenvalue weighted by Gasteiger charge is 2.15. The van der Waals surface area contributed by atoms with Gasteiger partial charge in [0.1, 0.15) is 12.4 Å². The van der Waals surface area contributed by atoms with Gasteiger partial charge in [0.15, 0.2) is 0 Å². The number of carbonyl (C=O) groups excluding carboxylic acids is 2. The average molecular weight is 424 g/mol. The van der Waals surface area contributed by atoms with Crippen LogP contribution in [0.3, 0.4) is 0 Å². The second-order valence-corrected chi connectivity index (χ2v) is 6.93. The van der Waals surface area contributed by atoms with Crippen molar-refractivity contribution >= 4 is 29.2 Å². The number of anilines is 1. The van der Waals surface area contributed by atoms with Crippen molar-refractivity contribution < 1.29 is 19.1 Å². The van der Waals surface area contributed by atoms with Crippen LogP contribution in [0.5, 0.6) is 5.75 Å². The Kier molecular flexibility index (Phi) is 7.46. The quantitative estimate of drug-likeness (QED) is 0.501. The van der Waals surface area contributed by atoms with Gasteiger partial charge in [0.05, 0.1) is 29.3 Å². The molecule has 0 aliphatic heterocycles. The van der Waals surface area contributed by atoms with Gasteiger partial charge in [-0.1, -0.05) is 60.1 Å². The molecule has 0 bridgehead atoms. The maximum absolute atomic E-state index is 12.8. The molecule has 0 radical (unpaired) electrons. The zero-order valence-electron chi connectivity index (χ0n) is 16.6. The monoisotopic (exact) mass is 423 g/mol. The zero-order chi connectivity index (χ0) is 21.3. The summed E-state index contributed by atoms with van der Waals surface area (Å²) in [7, 11) is 0. The van der Waals surface area contributed by atoms with Crippen LogP contribution < -0.4 is 10.1 Å². The molecule has 6 heteroatoms. The number of amides is 1. The fourth-order valence-corrected chi connectivity index (χ4v) is 3.10. The fraction of sp³-hybridized carbons (Fsp3) is 0.167. The van der Waals surface area contributed by atoms with E-state index in [2.05, 4.69) is 5.32 Å². The van der Waals surface area contributed by atoms with Crippen molar-refractivity contribution in [3.8, 4) is 5.75 Å². The molecule has 3 rings (SSSR count). The van der Waals surface area contributed by atoms with Crippen LogP contribution in [0.15, 0.2) is 72.8 Å². The topological polar surface area (TPSA) is 64.6 Å². The van der Waals surface area contributed by atoms with Crippen LogP contribution in [0.4, 0.5) is 5.69 Å². The van der Waals surface area contributed by atoms with E-state index in [4.69, 9.17) is 21.1 Å². The molecule has 0 aliphatic carbocycles. The summed E-state index contributed by atoms with van der Waals surface area (Å²) in [6, 6.07) is 21.8. The second-order valence-electron chi connectivity index (χ2n) is 6.52. The molecule has 0 atom stereocenters. The van der Waals surface area contributed by atoms with E-state index in [1.807, 2.05) is 36.4 Å². The van der Waals surface area contributed by atoms with E-state index in [0.717, 1.165) is 5.56 Å². The number of para-hydroxylation sites is 1. The number of rotatable bonds is 8. The summed E-state index contributed by atoms with van der Waals surface area (Å²) < 4.78 is 10.8. The Labute approximate surface area is 180 Å². The smallest absolute Gasteiger partial charge is 0.310 e. The summed E-state index contributed by atoms with van der Waals surface area (Å²) in [6.45, 7) is 2.44. The SMILES string of the molecule is CCOC(=O)Cc1ccc(NC(=O)c2ccccc2OCc2ccccc2)c(Cl)c1. The molecule has 0 saturated heterocycles. The third-order valence-corrected chi connectivity index (χ3v) is 4.62. The van der Waals surface area contributed by atoms with Crippen LogP contribution in [0, 0.1) is 0 Å². The molecule has 0 aromatic heterocycles. The lowest BCUT2D eigenvalue weighted by Crippen LogP contribution is -2.14. The van der Waals surface area contributed by atoms with E-state index in [-0.39, 0.29) is 18.3 Å². The molecule has 0 heterocycles. The minimum absolute atomic E-state index is 0.123. The number of esters is 1. The van der Waals surface area contributed by atoms with E-state index < -0.39 is 0 Å². The molecule has 0 unspecified atom stereocenters. The van der Waals surface area contributed by atoms with E-state index in [1.165, 1.54) is 0 Å². The zero-order valence-corrected chi connectivity index (χ0v) is 17.3. The third-order valence-electron chi connectivity index (χ3n) is 4.30. The number of nitrogens with one attached hydrogen (secondary N) is 1. The Morgan fingerprint density at radius 2 is 1.67 bits per heavy atom. The van der Waals surface area contributed by atoms with E-state index in [1.54, 1.807) is 43.3 Å². The van der Waals surface area contributed by atoms with Crippen molar-refractivity contribution in [3.05, 3.63) is 94.5 Å². The number of carbonyl (C=O) groups is 2. The van der Waals surface area contributed by atoms with Gasteiger partial charge in [0.2, 0.25) is 0 Å². The van der Waals surface area contributed by atoms with Crippen LogP contribution in [-0.4, -0.2) is 18.5 Å².